The molecule has 4 amide bonds. The Labute approximate surface area is 308 Å². The van der Waals surface area contributed by atoms with Gasteiger partial charge in [-0.2, -0.15) is 13.2 Å². The molecule has 3 heterocycles. The average molecular weight is 783 g/mol. The first-order valence-electron chi connectivity index (χ1n) is 17.8. The summed E-state index contributed by atoms with van der Waals surface area (Å²) in [7, 11) is -4.01. The molecule has 2 aliphatic carbocycles. The number of hydrogen-bond acceptors (Lipinski definition) is 10. The number of rotatable bonds is 6. The normalized spacial score (nSPS) is 27.4. The van der Waals surface area contributed by atoms with Gasteiger partial charge in [0.25, 0.3) is 5.91 Å². The number of nitrogens with one attached hydrogen (secondary N) is 3. The molecule has 0 bridgehead atoms. The Bertz CT molecular complexity index is 1970. The number of nitrogens with zero attached hydrogens (tertiary/aromatic N) is 3. The minimum atomic E-state index is -5.06. The van der Waals surface area contributed by atoms with E-state index in [0.29, 0.717) is 38.5 Å². The largest absolute Gasteiger partial charge is 0.471 e. The lowest BCUT2D eigenvalue weighted by Gasteiger charge is -2.30. The summed E-state index contributed by atoms with van der Waals surface area (Å²) in [6, 6.07) is 0.169. The van der Waals surface area contributed by atoms with E-state index >= 15 is 0 Å². The first-order chi connectivity index (χ1) is 25.3. The van der Waals surface area contributed by atoms with Crippen molar-refractivity contribution in [3.05, 3.63) is 41.9 Å². The number of sulfonamides is 1. The second-order valence-electron chi connectivity index (χ2n) is 15.2. The van der Waals surface area contributed by atoms with Gasteiger partial charge in [-0.25, -0.2) is 27.6 Å². The number of allylic oxidation sites excluding steroid dienone is 1. The maximum atomic E-state index is 14.3. The predicted octanol–water partition coefficient (Wildman–Crippen LogP) is 4.03. The van der Waals surface area contributed by atoms with Crippen LogP contribution < -0.4 is 20.1 Å². The Hall–Kier alpha value is -4.55. The number of alkyl carbamates (subject to hydrolysis) is 1. The third-order valence-corrected chi connectivity index (χ3v) is 11.5. The topological polar surface area (TPSA) is 186 Å². The molecule has 2 saturated carbocycles. The van der Waals surface area contributed by atoms with Gasteiger partial charge in [0, 0.05) is 18.4 Å². The van der Waals surface area contributed by atoms with Crippen LogP contribution in [-0.2, 0) is 35.3 Å². The van der Waals surface area contributed by atoms with Crippen LogP contribution in [0.1, 0.15) is 84.3 Å². The van der Waals surface area contributed by atoms with Crippen molar-refractivity contribution in [3.63, 3.8) is 0 Å². The van der Waals surface area contributed by atoms with Crippen molar-refractivity contribution in [2.75, 3.05) is 6.54 Å². The van der Waals surface area contributed by atoms with E-state index in [9.17, 15) is 45.2 Å². The number of benzene rings is 1. The molecule has 1 saturated heterocycles. The number of ether oxygens (including phenoxy) is 2. The van der Waals surface area contributed by atoms with Crippen molar-refractivity contribution in [1.29, 1.82) is 0 Å². The summed E-state index contributed by atoms with van der Waals surface area (Å²) in [4.78, 5) is 63.6. The van der Waals surface area contributed by atoms with E-state index in [1.165, 1.54) is 0 Å². The lowest BCUT2D eigenvalue weighted by molar-refractivity contribution is -0.143. The standard InChI is InChI=1S/C35H42F4N6O8S/c1-33(2,3)53-32(49)42-24-10-8-6-4-5-7-9-19-17-34(19,31(48)44-54(50,51)22-12-13-22)43-28(46)26-16-21(18-45(26)30(24)47)52-29-27(35(37,38)39)40-23-14-11-20(36)15-25(23)41-29/h7,9,11,14-15,19,21-22,24,26H,4-6,8,10,12-13,16-18H2,1-3H3,(H,42,49)(H,43,46)(H,44,48)/b9-7-/t19-,21-,24+,26+,34-/m1/s1. The Morgan fingerprint density at radius 2 is 1.78 bits per heavy atom. The summed E-state index contributed by atoms with van der Waals surface area (Å²) in [5, 5.41) is 4.52. The quantitative estimate of drug-likeness (QED) is 0.286. The van der Waals surface area contributed by atoms with Crippen molar-refractivity contribution in [2.45, 2.75) is 119 Å². The maximum Gasteiger partial charge on any atom is 0.438 e. The molecule has 14 nitrogen and oxygen atoms in total. The molecule has 6 rings (SSSR count). The maximum absolute atomic E-state index is 14.3. The number of hydrogen-bond donors (Lipinski definition) is 3. The van der Waals surface area contributed by atoms with E-state index < -0.39 is 111 Å². The second kappa shape index (κ2) is 14.6. The lowest BCUT2D eigenvalue weighted by atomic mass is 10.0. The highest BCUT2D eigenvalue weighted by molar-refractivity contribution is 7.91. The van der Waals surface area contributed by atoms with Gasteiger partial charge in [-0.3, -0.25) is 19.1 Å². The highest BCUT2D eigenvalue weighted by Gasteiger charge is 2.62. The zero-order valence-corrected chi connectivity index (χ0v) is 30.7. The molecular weight excluding hydrogens is 740 g/mol. The molecule has 54 heavy (non-hydrogen) atoms. The van der Waals surface area contributed by atoms with Gasteiger partial charge in [-0.1, -0.05) is 25.0 Å². The van der Waals surface area contributed by atoms with Crippen LogP contribution in [0.15, 0.2) is 30.4 Å². The highest BCUT2D eigenvalue weighted by Crippen LogP contribution is 2.46. The van der Waals surface area contributed by atoms with E-state index in [1.54, 1.807) is 26.8 Å². The number of aromatic nitrogens is 2. The van der Waals surface area contributed by atoms with Crippen LogP contribution >= 0.6 is 0 Å². The highest BCUT2D eigenvalue weighted by atomic mass is 32.2. The molecule has 0 unspecified atom stereocenters. The van der Waals surface area contributed by atoms with Crippen LogP contribution in [0.4, 0.5) is 22.4 Å². The smallest absolute Gasteiger partial charge is 0.438 e. The molecule has 2 aromatic rings. The lowest BCUT2D eigenvalue weighted by Crippen LogP contribution is -2.58. The summed E-state index contributed by atoms with van der Waals surface area (Å²) in [6.07, 6.45) is -0.750. The molecule has 19 heteroatoms. The molecule has 3 N–H and O–H groups in total. The SMILES string of the molecule is CC(C)(C)OC(=O)N[C@H]1CCCCC/C=C\[C@@H]2C[C@@]2(C(=O)NS(=O)(=O)C2CC2)NC(=O)[C@@H]2C[C@@H](Oc3nc4cc(F)ccc4nc3C(F)(F)F)CN2C1=O. The van der Waals surface area contributed by atoms with Gasteiger partial charge >= 0.3 is 12.3 Å². The van der Waals surface area contributed by atoms with Crippen LogP contribution in [-0.4, -0.2) is 88.2 Å². The minimum Gasteiger partial charge on any atom is -0.471 e. The predicted molar refractivity (Wildman–Crippen MR) is 183 cm³/mol. The fraction of sp³-hybridized carbons (Fsp3) is 0.600. The Morgan fingerprint density at radius 3 is 2.46 bits per heavy atom. The zero-order valence-electron chi connectivity index (χ0n) is 29.9. The zero-order chi connectivity index (χ0) is 39.2. The van der Waals surface area contributed by atoms with Crippen molar-refractivity contribution in [2.24, 2.45) is 5.92 Å². The van der Waals surface area contributed by atoms with Crippen molar-refractivity contribution < 1.29 is 54.6 Å². The fourth-order valence-electron chi connectivity index (χ4n) is 6.73. The van der Waals surface area contributed by atoms with Gasteiger partial charge in [0.2, 0.25) is 33.4 Å². The molecule has 1 aromatic heterocycles. The summed E-state index contributed by atoms with van der Waals surface area (Å²) in [6.45, 7) is 4.44. The van der Waals surface area contributed by atoms with Crippen molar-refractivity contribution in [1.82, 2.24) is 30.2 Å². The van der Waals surface area contributed by atoms with E-state index in [0.717, 1.165) is 23.1 Å². The minimum absolute atomic E-state index is 0.0584. The number of fused-ring (bicyclic) bond motifs is 3. The molecule has 5 atom stereocenters. The average Bonchev–Trinajstić information content (AvgIpc) is 3.98. The first-order valence-corrected chi connectivity index (χ1v) is 19.4. The monoisotopic (exact) mass is 782 g/mol. The van der Waals surface area contributed by atoms with E-state index in [4.69, 9.17) is 9.47 Å². The van der Waals surface area contributed by atoms with Crippen LogP contribution in [0.5, 0.6) is 5.88 Å². The molecule has 4 aliphatic rings. The molecule has 0 radical (unpaired) electrons. The van der Waals surface area contributed by atoms with Crippen LogP contribution in [0.25, 0.3) is 11.0 Å². The molecule has 3 fully saturated rings. The molecule has 2 aliphatic heterocycles. The van der Waals surface area contributed by atoms with Crippen LogP contribution in [0.3, 0.4) is 0 Å². The fourth-order valence-corrected chi connectivity index (χ4v) is 8.10. The summed E-state index contributed by atoms with van der Waals surface area (Å²) in [5.41, 5.74) is -4.60. The van der Waals surface area contributed by atoms with E-state index in [1.807, 2.05) is 6.08 Å². The number of halogens is 4. The number of carbonyl (C=O) groups excluding carboxylic acids is 4. The Morgan fingerprint density at radius 1 is 1.04 bits per heavy atom. The number of amides is 4. The van der Waals surface area contributed by atoms with Crippen molar-refractivity contribution in [3.8, 4) is 5.88 Å². The van der Waals surface area contributed by atoms with Gasteiger partial charge in [0.05, 0.1) is 22.8 Å². The summed E-state index contributed by atoms with van der Waals surface area (Å²) in [5.74, 6) is -4.96. The first kappa shape index (κ1) is 39.2. The number of carbonyl (C=O) groups is 4. The third-order valence-electron chi connectivity index (χ3n) is 9.67. The van der Waals surface area contributed by atoms with Gasteiger partial charge in [-0.15, -0.1) is 0 Å². The molecular formula is C35H42F4N6O8S. The molecule has 1 aromatic carbocycles. The summed E-state index contributed by atoms with van der Waals surface area (Å²) >= 11 is 0. The van der Waals surface area contributed by atoms with Gasteiger partial charge in [0.1, 0.15) is 35.1 Å². The van der Waals surface area contributed by atoms with Gasteiger partial charge in [-0.05, 0) is 71.4 Å². The Kier molecular flexibility index (Phi) is 10.6. The third kappa shape index (κ3) is 8.87. The van der Waals surface area contributed by atoms with Crippen molar-refractivity contribution >= 4 is 44.9 Å². The Balaban J connectivity index is 1.34. The summed E-state index contributed by atoms with van der Waals surface area (Å²) < 4.78 is 95.4. The van der Waals surface area contributed by atoms with Gasteiger partial charge < -0.3 is 25.0 Å². The number of alkyl halides is 3. The van der Waals surface area contributed by atoms with Crippen LogP contribution in [0.2, 0.25) is 0 Å². The molecule has 294 valence electrons. The van der Waals surface area contributed by atoms with Crippen LogP contribution in [0, 0.1) is 11.7 Å². The van der Waals surface area contributed by atoms with Gasteiger partial charge in [0.15, 0.2) is 0 Å². The van der Waals surface area contributed by atoms with E-state index in [-0.39, 0.29) is 23.9 Å². The second-order valence-corrected chi connectivity index (χ2v) is 17.2. The molecule has 0 spiro atoms. The van der Waals surface area contributed by atoms with E-state index in [2.05, 4.69) is 25.3 Å².